The number of esters is 1. The van der Waals surface area contributed by atoms with Gasteiger partial charge in [-0.1, -0.05) is 195 Å². The Morgan fingerprint density at radius 3 is 1.51 bits per heavy atom. The van der Waals surface area contributed by atoms with Crippen molar-refractivity contribution in [2.24, 2.45) is 0 Å². The summed E-state index contributed by atoms with van der Waals surface area (Å²) >= 11 is 0. The van der Waals surface area contributed by atoms with Crippen molar-refractivity contribution in [3.8, 4) is 0 Å². The molecule has 0 aromatic heterocycles. The first-order valence-corrected chi connectivity index (χ1v) is 28.0. The highest BCUT2D eigenvalue weighted by Gasteiger charge is 2.27. The average molecular weight is 955 g/mol. The number of hydrogen-bond acceptors (Lipinski definition) is 7. The summed E-state index contributed by atoms with van der Waals surface area (Å²) in [5, 5.41) is 2.95. The fourth-order valence-corrected chi connectivity index (χ4v) is 7.60. The first-order chi connectivity index (χ1) is 32.4. The van der Waals surface area contributed by atoms with E-state index < -0.39 is 26.6 Å². The highest BCUT2D eigenvalue weighted by atomic mass is 31.2. The molecule has 3 atom stereocenters. The Morgan fingerprint density at radius 2 is 0.985 bits per heavy atom. The number of phosphoric ester groups is 1. The van der Waals surface area contributed by atoms with Crippen LogP contribution in [0.3, 0.4) is 0 Å². The molecule has 1 N–H and O–H groups in total. The number of nitrogens with one attached hydrogen (secondary N) is 1. The van der Waals surface area contributed by atoms with Crippen molar-refractivity contribution < 1.29 is 37.3 Å². The van der Waals surface area contributed by atoms with Crippen molar-refractivity contribution in [1.29, 1.82) is 0 Å². The van der Waals surface area contributed by atoms with Gasteiger partial charge in [0, 0.05) is 12.8 Å². The third kappa shape index (κ3) is 47.8. The smallest absolute Gasteiger partial charge is 0.306 e. The number of rotatable bonds is 46. The van der Waals surface area contributed by atoms with Gasteiger partial charge in [0.2, 0.25) is 5.91 Å². The second-order valence-corrected chi connectivity index (χ2v) is 20.0. The predicted molar refractivity (Wildman–Crippen MR) is 284 cm³/mol. The third-order valence-corrected chi connectivity index (χ3v) is 12.0. The molecule has 0 aromatic rings. The van der Waals surface area contributed by atoms with Gasteiger partial charge in [-0.2, -0.15) is 0 Å². The molecule has 9 nitrogen and oxygen atoms in total. The van der Waals surface area contributed by atoms with Crippen LogP contribution in [-0.2, 0) is 27.9 Å². The number of unbranched alkanes of at least 4 members (excludes halogenated alkanes) is 16. The lowest BCUT2D eigenvalue weighted by Crippen LogP contribution is -2.47. The number of quaternary nitrogens is 1. The Kier molecular flexibility index (Phi) is 44.5. The average Bonchev–Trinajstić information content (AvgIpc) is 3.28. The highest BCUT2D eigenvalue weighted by molar-refractivity contribution is 7.45. The van der Waals surface area contributed by atoms with Crippen LogP contribution in [0.2, 0.25) is 0 Å². The summed E-state index contributed by atoms with van der Waals surface area (Å²) in [5.74, 6) is -0.660. The predicted octanol–water partition coefficient (Wildman–Crippen LogP) is 15.0. The van der Waals surface area contributed by atoms with E-state index in [0.29, 0.717) is 23.9 Å². The van der Waals surface area contributed by atoms with E-state index in [9.17, 15) is 19.0 Å². The summed E-state index contributed by atoms with van der Waals surface area (Å²) in [4.78, 5) is 39.6. The Bertz CT molecular complexity index is 1470. The van der Waals surface area contributed by atoms with Crippen molar-refractivity contribution in [3.63, 3.8) is 0 Å². The molecule has 0 aliphatic rings. The van der Waals surface area contributed by atoms with Crippen molar-refractivity contribution in [2.75, 3.05) is 40.9 Å². The molecule has 67 heavy (non-hydrogen) atoms. The minimum absolute atomic E-state index is 0.0417. The van der Waals surface area contributed by atoms with Crippen LogP contribution in [0.25, 0.3) is 0 Å². The molecule has 0 saturated carbocycles. The summed E-state index contributed by atoms with van der Waals surface area (Å²) in [6.07, 6.45) is 61.1. The second kappa shape index (κ2) is 46.6. The van der Waals surface area contributed by atoms with Gasteiger partial charge in [-0.15, -0.1) is 0 Å². The minimum atomic E-state index is -4.71. The molecule has 0 aliphatic heterocycles. The summed E-state index contributed by atoms with van der Waals surface area (Å²) < 4.78 is 30.0. The number of carbonyl (C=O) groups is 2. The van der Waals surface area contributed by atoms with Crippen molar-refractivity contribution in [1.82, 2.24) is 5.32 Å². The fraction of sp³-hybridized carbons (Fsp3) is 0.684. The largest absolute Gasteiger partial charge is 0.756 e. The van der Waals surface area contributed by atoms with E-state index in [0.717, 1.165) is 96.3 Å². The molecule has 0 bridgehead atoms. The lowest BCUT2D eigenvalue weighted by Gasteiger charge is -2.30. The van der Waals surface area contributed by atoms with Gasteiger partial charge in [0.25, 0.3) is 7.82 Å². The van der Waals surface area contributed by atoms with E-state index in [4.69, 9.17) is 13.8 Å². The molecular formula is C57H99N2O7P. The second-order valence-electron chi connectivity index (χ2n) is 18.6. The first-order valence-electron chi connectivity index (χ1n) is 26.5. The maximum absolute atomic E-state index is 13.4. The molecule has 0 spiro atoms. The molecule has 0 aliphatic carbocycles. The number of hydrogen-bond donors (Lipinski definition) is 1. The van der Waals surface area contributed by atoms with Gasteiger partial charge >= 0.3 is 5.97 Å². The van der Waals surface area contributed by atoms with Crippen LogP contribution in [0, 0.1) is 0 Å². The highest BCUT2D eigenvalue weighted by Crippen LogP contribution is 2.38. The molecular weight excluding hydrogens is 856 g/mol. The maximum atomic E-state index is 13.4. The molecule has 384 valence electrons. The summed E-state index contributed by atoms with van der Waals surface area (Å²) in [6, 6.07) is -0.934. The van der Waals surface area contributed by atoms with Crippen molar-refractivity contribution >= 4 is 19.7 Å². The quantitative estimate of drug-likeness (QED) is 0.0212. The van der Waals surface area contributed by atoms with Crippen LogP contribution < -0.4 is 10.2 Å². The third-order valence-electron chi connectivity index (χ3n) is 11.0. The molecule has 0 fully saturated rings. The van der Waals surface area contributed by atoms with Gasteiger partial charge in [0.05, 0.1) is 33.8 Å². The molecule has 0 saturated heterocycles. The Hall–Kier alpha value is -3.07. The number of carbonyl (C=O) groups excluding carboxylic acids is 2. The van der Waals surface area contributed by atoms with E-state index in [2.05, 4.69) is 99.0 Å². The van der Waals surface area contributed by atoms with E-state index in [1.807, 2.05) is 39.4 Å². The molecule has 0 heterocycles. The molecule has 0 rings (SSSR count). The molecule has 0 radical (unpaired) electrons. The van der Waals surface area contributed by atoms with Gasteiger partial charge in [-0.25, -0.2) is 0 Å². The monoisotopic (exact) mass is 955 g/mol. The zero-order valence-corrected chi connectivity index (χ0v) is 44.5. The molecule has 1 amide bonds. The van der Waals surface area contributed by atoms with Crippen LogP contribution in [0.15, 0.2) is 97.2 Å². The van der Waals surface area contributed by atoms with E-state index >= 15 is 0 Å². The van der Waals surface area contributed by atoms with Crippen LogP contribution in [-0.4, -0.2) is 69.4 Å². The number of likely N-dealkylation sites (N-methyl/N-ethyl adjacent to an activating group) is 1. The van der Waals surface area contributed by atoms with Crippen LogP contribution >= 0.6 is 7.82 Å². The Balaban J connectivity index is 5.50. The lowest BCUT2D eigenvalue weighted by atomic mass is 10.1. The zero-order chi connectivity index (χ0) is 49.4. The standard InChI is InChI=1S/C57H99N2O7P/c1-7-10-13-16-19-22-25-26-27-28-29-30-31-32-35-37-40-43-46-49-56(60)58-54(53-65-67(62,63)64-52-51-59(4,5)6)55(48-45-42-39-36-33-23-20-17-14-11-8-2)66-57(61)50-47-44-41-38-34-24-21-18-15-12-9-3/h10,13,18-19,21-22,26-27,29-30,32,35,40,43,45,48,54-55H,7-9,11-12,14-17,20,23-25,28,31,33-34,36-39,41-42,44,46-47,49-53H2,1-6H3,(H-,58,60,62,63)/b13-10-,21-18-,22-19-,27-26-,30-29-,35-32-,43-40-,48-45-. The normalized spacial score (nSPS) is 14.7. The SMILES string of the molecule is CC/C=C\C/C=C\C/C=C\C/C=C\C/C=C\C/C=C\CCC(=O)NC(COP(=O)([O-])OCC[N+](C)(C)C)C(/C=C\CCCCCCCCCCC)OC(=O)CCCCCCC/C=C\CCCC. The van der Waals surface area contributed by atoms with Gasteiger partial charge in [-0.05, 0) is 89.5 Å². The van der Waals surface area contributed by atoms with Crippen LogP contribution in [0.1, 0.15) is 201 Å². The molecule has 3 unspecified atom stereocenters. The van der Waals surface area contributed by atoms with Crippen molar-refractivity contribution in [3.05, 3.63) is 97.2 Å². The molecule has 10 heteroatoms. The number of nitrogens with zero attached hydrogens (tertiary/aromatic N) is 1. The Labute approximate surface area is 411 Å². The maximum Gasteiger partial charge on any atom is 0.306 e. The van der Waals surface area contributed by atoms with Gasteiger partial charge in [0.15, 0.2) is 0 Å². The van der Waals surface area contributed by atoms with E-state index in [1.54, 1.807) is 6.08 Å². The fourth-order valence-electron chi connectivity index (χ4n) is 6.88. The van der Waals surface area contributed by atoms with Crippen molar-refractivity contribution in [2.45, 2.75) is 213 Å². The number of phosphoric acid groups is 1. The number of amides is 1. The summed E-state index contributed by atoms with van der Waals surface area (Å²) in [7, 11) is 1.12. The summed E-state index contributed by atoms with van der Waals surface area (Å²) in [6.45, 7) is 6.58. The van der Waals surface area contributed by atoms with Crippen LogP contribution in [0.5, 0.6) is 0 Å². The van der Waals surface area contributed by atoms with Gasteiger partial charge in [0.1, 0.15) is 19.3 Å². The number of allylic oxidation sites excluding steroid dienone is 15. The van der Waals surface area contributed by atoms with Crippen LogP contribution in [0.4, 0.5) is 0 Å². The number of ether oxygens (including phenoxy) is 1. The minimum Gasteiger partial charge on any atom is -0.756 e. The van der Waals surface area contributed by atoms with E-state index in [-0.39, 0.29) is 31.3 Å². The lowest BCUT2D eigenvalue weighted by molar-refractivity contribution is -0.870. The molecule has 0 aromatic carbocycles. The first kappa shape index (κ1) is 63.9. The zero-order valence-electron chi connectivity index (χ0n) is 43.6. The topological polar surface area (TPSA) is 114 Å². The Morgan fingerprint density at radius 1 is 0.537 bits per heavy atom. The van der Waals surface area contributed by atoms with Gasteiger partial charge < -0.3 is 28.5 Å². The summed E-state index contributed by atoms with van der Waals surface area (Å²) in [5.41, 5.74) is 0. The van der Waals surface area contributed by atoms with Gasteiger partial charge in [-0.3, -0.25) is 14.2 Å². The van der Waals surface area contributed by atoms with E-state index in [1.165, 1.54) is 57.8 Å².